The molecule has 3 rings (SSSR count). The normalized spacial score (nSPS) is 11.4. The molecule has 1 aromatic carbocycles. The molecule has 0 amide bonds. The van der Waals surface area contributed by atoms with E-state index in [4.69, 9.17) is 0 Å². The third kappa shape index (κ3) is 2.52. The summed E-state index contributed by atoms with van der Waals surface area (Å²) in [4.78, 5) is 23.5. The Morgan fingerprint density at radius 1 is 1.29 bits per heavy atom. The van der Waals surface area contributed by atoms with E-state index >= 15 is 0 Å². The molecule has 6 heteroatoms. The highest BCUT2D eigenvalue weighted by Gasteiger charge is 2.12. The highest BCUT2D eigenvalue weighted by molar-refractivity contribution is 5.70. The fourth-order valence-electron chi connectivity index (χ4n) is 2.23. The molecule has 0 saturated heterocycles. The van der Waals surface area contributed by atoms with Gasteiger partial charge in [-0.2, -0.15) is 0 Å². The first-order valence-electron chi connectivity index (χ1n) is 6.79. The molecule has 2 N–H and O–H groups in total. The maximum atomic E-state index is 12.0. The van der Waals surface area contributed by atoms with Gasteiger partial charge in [0.1, 0.15) is 5.75 Å². The van der Waals surface area contributed by atoms with Crippen LogP contribution >= 0.6 is 0 Å². The van der Waals surface area contributed by atoms with E-state index in [1.807, 2.05) is 13.8 Å². The lowest BCUT2D eigenvalue weighted by atomic mass is 10.1. The van der Waals surface area contributed by atoms with E-state index in [1.54, 1.807) is 35.0 Å². The van der Waals surface area contributed by atoms with Crippen LogP contribution in [-0.4, -0.2) is 24.6 Å². The van der Waals surface area contributed by atoms with Crippen LogP contribution in [0.3, 0.4) is 0 Å². The number of rotatable bonds is 3. The van der Waals surface area contributed by atoms with E-state index in [0.717, 1.165) is 5.56 Å². The molecule has 2 heterocycles. The van der Waals surface area contributed by atoms with Gasteiger partial charge in [0.15, 0.2) is 11.3 Å². The first kappa shape index (κ1) is 13.4. The summed E-state index contributed by atoms with van der Waals surface area (Å²) in [5.74, 6) is 0.534. The van der Waals surface area contributed by atoms with Crippen LogP contribution in [-0.2, 0) is 6.54 Å². The Kier molecular flexibility index (Phi) is 3.21. The number of fused-ring (bicyclic) bond motifs is 1. The molecular weight excluding hydrogens is 268 g/mol. The van der Waals surface area contributed by atoms with Crippen molar-refractivity contribution in [3.63, 3.8) is 0 Å². The number of hydrogen-bond acceptors (Lipinski definition) is 4. The number of H-pyrrole nitrogens is 1. The van der Waals surface area contributed by atoms with E-state index < -0.39 is 0 Å². The van der Waals surface area contributed by atoms with E-state index in [1.165, 1.54) is 0 Å². The largest absolute Gasteiger partial charge is 0.508 e. The molecule has 6 nitrogen and oxygen atoms in total. The Hall–Kier alpha value is -2.63. The number of nitrogens with zero attached hydrogens (tertiary/aromatic N) is 3. The first-order chi connectivity index (χ1) is 10.0. The van der Waals surface area contributed by atoms with Crippen molar-refractivity contribution in [3.05, 3.63) is 40.9 Å². The maximum Gasteiger partial charge on any atom is 0.328 e. The summed E-state index contributed by atoms with van der Waals surface area (Å²) < 4.78 is 1.61. The second kappa shape index (κ2) is 5.05. The van der Waals surface area contributed by atoms with Gasteiger partial charge in [0.2, 0.25) is 0 Å². The predicted octanol–water partition coefficient (Wildman–Crippen LogP) is 2.15. The summed E-state index contributed by atoms with van der Waals surface area (Å²) in [6.07, 6.45) is 1.62. The monoisotopic (exact) mass is 284 g/mol. The molecule has 2 aromatic heterocycles. The highest BCUT2D eigenvalue weighted by atomic mass is 16.3. The number of benzene rings is 1. The highest BCUT2D eigenvalue weighted by Crippen LogP contribution is 2.20. The van der Waals surface area contributed by atoms with Gasteiger partial charge in [0.25, 0.3) is 0 Å². The first-order valence-corrected chi connectivity index (χ1v) is 6.79. The van der Waals surface area contributed by atoms with Crippen LogP contribution in [0.2, 0.25) is 0 Å². The van der Waals surface area contributed by atoms with Gasteiger partial charge in [0, 0.05) is 12.1 Å². The van der Waals surface area contributed by atoms with Crippen LogP contribution in [0.4, 0.5) is 0 Å². The third-order valence-corrected chi connectivity index (χ3v) is 3.19. The number of phenolic OH excluding ortho intramolecular Hbond substituents is 1. The molecule has 0 spiro atoms. The minimum absolute atomic E-state index is 0.193. The SMILES string of the molecule is CC(C)Cn1c(=O)[nH]c2ncc(-c3ccc(O)cc3)nc21. The zero-order chi connectivity index (χ0) is 15.0. The molecular formula is C15H16N4O2. The molecule has 21 heavy (non-hydrogen) atoms. The average molecular weight is 284 g/mol. The Morgan fingerprint density at radius 3 is 2.67 bits per heavy atom. The van der Waals surface area contributed by atoms with Gasteiger partial charge >= 0.3 is 5.69 Å². The Balaban J connectivity index is 2.14. The van der Waals surface area contributed by atoms with Crippen molar-refractivity contribution in [1.29, 1.82) is 0 Å². The molecule has 0 saturated carbocycles. The summed E-state index contributed by atoms with van der Waals surface area (Å²) in [5.41, 5.74) is 2.36. The van der Waals surface area contributed by atoms with Gasteiger partial charge < -0.3 is 5.11 Å². The van der Waals surface area contributed by atoms with Crippen LogP contribution in [0.15, 0.2) is 35.3 Å². The second-order valence-electron chi connectivity index (χ2n) is 5.41. The van der Waals surface area contributed by atoms with Crippen molar-refractivity contribution < 1.29 is 5.11 Å². The number of hydrogen-bond donors (Lipinski definition) is 2. The van der Waals surface area contributed by atoms with Gasteiger partial charge in [-0.3, -0.25) is 9.55 Å². The maximum absolute atomic E-state index is 12.0. The number of aromatic hydroxyl groups is 1. The van der Waals surface area contributed by atoms with Crippen LogP contribution < -0.4 is 5.69 Å². The van der Waals surface area contributed by atoms with Crippen LogP contribution in [0.1, 0.15) is 13.8 Å². The van der Waals surface area contributed by atoms with E-state index in [2.05, 4.69) is 15.0 Å². The van der Waals surface area contributed by atoms with Gasteiger partial charge in [-0.15, -0.1) is 0 Å². The minimum atomic E-state index is -0.193. The summed E-state index contributed by atoms with van der Waals surface area (Å²) in [6, 6.07) is 6.73. The number of phenols is 1. The van der Waals surface area contributed by atoms with E-state index in [9.17, 15) is 9.90 Å². The Morgan fingerprint density at radius 2 is 2.00 bits per heavy atom. The number of imidazole rings is 1. The van der Waals surface area contributed by atoms with Crippen molar-refractivity contribution in [1.82, 2.24) is 19.5 Å². The Bertz CT molecular complexity index is 831. The second-order valence-corrected chi connectivity index (χ2v) is 5.41. The van der Waals surface area contributed by atoms with E-state index in [-0.39, 0.29) is 11.4 Å². The quantitative estimate of drug-likeness (QED) is 0.772. The molecule has 0 aliphatic heterocycles. The fourth-order valence-corrected chi connectivity index (χ4v) is 2.23. The van der Waals surface area contributed by atoms with Crippen LogP contribution in [0.25, 0.3) is 22.6 Å². The Labute approximate surface area is 121 Å². The van der Waals surface area contributed by atoms with E-state index in [0.29, 0.717) is 29.5 Å². The van der Waals surface area contributed by atoms with Crippen molar-refractivity contribution in [2.24, 2.45) is 5.92 Å². The number of aromatic nitrogens is 4. The van der Waals surface area contributed by atoms with Crippen LogP contribution in [0, 0.1) is 5.92 Å². The van der Waals surface area contributed by atoms with Crippen LogP contribution in [0.5, 0.6) is 5.75 Å². The topological polar surface area (TPSA) is 83.8 Å². The average Bonchev–Trinajstić information content (AvgIpc) is 2.75. The summed E-state index contributed by atoms with van der Waals surface area (Å²) in [7, 11) is 0. The minimum Gasteiger partial charge on any atom is -0.508 e. The van der Waals surface area contributed by atoms with Gasteiger partial charge in [-0.05, 0) is 30.2 Å². The number of aromatic amines is 1. The molecule has 0 bridgehead atoms. The zero-order valence-corrected chi connectivity index (χ0v) is 11.9. The lowest BCUT2D eigenvalue weighted by molar-refractivity contribution is 0.475. The van der Waals surface area contributed by atoms with Crippen molar-refractivity contribution >= 4 is 11.3 Å². The lowest BCUT2D eigenvalue weighted by Gasteiger charge is -2.06. The smallest absolute Gasteiger partial charge is 0.328 e. The summed E-state index contributed by atoms with van der Waals surface area (Å²) in [6.45, 7) is 4.68. The van der Waals surface area contributed by atoms with Gasteiger partial charge in [0.05, 0.1) is 11.9 Å². The molecule has 3 aromatic rings. The lowest BCUT2D eigenvalue weighted by Crippen LogP contribution is -2.19. The van der Waals surface area contributed by atoms with Crippen molar-refractivity contribution in [2.75, 3.05) is 0 Å². The molecule has 0 radical (unpaired) electrons. The fraction of sp³-hybridized carbons (Fsp3) is 0.267. The van der Waals surface area contributed by atoms with Gasteiger partial charge in [-0.1, -0.05) is 13.8 Å². The van der Waals surface area contributed by atoms with Crippen molar-refractivity contribution in [3.8, 4) is 17.0 Å². The molecule has 0 unspecified atom stereocenters. The number of nitrogens with one attached hydrogen (secondary N) is 1. The molecule has 108 valence electrons. The third-order valence-electron chi connectivity index (χ3n) is 3.19. The molecule has 0 fully saturated rings. The molecule has 0 aliphatic carbocycles. The molecule has 0 atom stereocenters. The molecule has 0 aliphatic rings. The van der Waals surface area contributed by atoms with Gasteiger partial charge in [-0.25, -0.2) is 14.8 Å². The summed E-state index contributed by atoms with van der Waals surface area (Å²) in [5, 5.41) is 9.34. The predicted molar refractivity (Wildman–Crippen MR) is 80.1 cm³/mol. The van der Waals surface area contributed by atoms with Crippen molar-refractivity contribution in [2.45, 2.75) is 20.4 Å². The standard InChI is InChI=1S/C15H16N4O2/c1-9(2)8-19-14-13(18-15(19)21)16-7-12(17-14)10-3-5-11(20)6-4-10/h3-7,9,20H,8H2,1-2H3,(H,16,18,21). The zero-order valence-electron chi connectivity index (χ0n) is 11.9. The summed E-state index contributed by atoms with van der Waals surface area (Å²) >= 11 is 0.